The van der Waals surface area contributed by atoms with Crippen molar-refractivity contribution in [2.75, 3.05) is 19.7 Å². The molecule has 1 aromatic rings. The van der Waals surface area contributed by atoms with Gasteiger partial charge in [0, 0.05) is 17.6 Å². The highest BCUT2D eigenvalue weighted by Crippen LogP contribution is 2.18. The molecular formula is C15H20BrNO3. The summed E-state index contributed by atoms with van der Waals surface area (Å²) in [5, 5.41) is 0. The zero-order valence-corrected chi connectivity index (χ0v) is 13.5. The summed E-state index contributed by atoms with van der Waals surface area (Å²) in [6, 6.07) is 7.30. The molecule has 0 aliphatic heterocycles. The van der Waals surface area contributed by atoms with Gasteiger partial charge in [0.05, 0.1) is 18.6 Å². The van der Waals surface area contributed by atoms with E-state index < -0.39 is 0 Å². The number of benzene rings is 1. The van der Waals surface area contributed by atoms with E-state index in [-0.39, 0.29) is 18.3 Å². The van der Waals surface area contributed by atoms with Crippen LogP contribution in [0.5, 0.6) is 0 Å². The molecule has 0 spiro atoms. The average Bonchev–Trinajstić information content (AvgIpc) is 2.43. The van der Waals surface area contributed by atoms with Gasteiger partial charge in [-0.05, 0) is 41.4 Å². The molecule has 0 saturated heterocycles. The Labute approximate surface area is 128 Å². The fourth-order valence-corrected chi connectivity index (χ4v) is 2.30. The number of halogens is 1. The van der Waals surface area contributed by atoms with E-state index in [4.69, 9.17) is 4.74 Å². The van der Waals surface area contributed by atoms with E-state index in [1.165, 1.54) is 0 Å². The third kappa shape index (κ3) is 4.96. The van der Waals surface area contributed by atoms with Gasteiger partial charge >= 0.3 is 5.97 Å². The molecule has 0 aliphatic carbocycles. The number of hydrogen-bond acceptors (Lipinski definition) is 3. The average molecular weight is 342 g/mol. The molecule has 0 atom stereocenters. The van der Waals surface area contributed by atoms with E-state index in [0.29, 0.717) is 25.3 Å². The van der Waals surface area contributed by atoms with Crippen LogP contribution in [-0.4, -0.2) is 36.5 Å². The van der Waals surface area contributed by atoms with Crippen LogP contribution in [0.15, 0.2) is 28.7 Å². The maximum atomic E-state index is 12.5. The van der Waals surface area contributed by atoms with Crippen molar-refractivity contribution in [1.82, 2.24) is 4.90 Å². The number of hydrogen-bond donors (Lipinski definition) is 0. The second kappa shape index (κ2) is 8.74. The van der Waals surface area contributed by atoms with Crippen molar-refractivity contribution < 1.29 is 14.3 Å². The highest BCUT2D eigenvalue weighted by molar-refractivity contribution is 9.10. The Balaban J connectivity index is 2.72. The molecule has 0 unspecified atom stereocenters. The number of esters is 1. The van der Waals surface area contributed by atoms with E-state index >= 15 is 0 Å². The van der Waals surface area contributed by atoms with Crippen LogP contribution in [0.25, 0.3) is 0 Å². The standard InChI is InChI=1S/C15H20BrNO3/c1-3-10-17(11-9-14(18)20-4-2)15(19)12-7-5-6-8-13(12)16/h5-8H,3-4,9-11H2,1-2H3. The predicted octanol–water partition coefficient (Wildman–Crippen LogP) is 3.25. The van der Waals surface area contributed by atoms with E-state index in [9.17, 15) is 9.59 Å². The molecule has 0 bridgehead atoms. The number of ether oxygens (including phenoxy) is 1. The number of amides is 1. The van der Waals surface area contributed by atoms with Gasteiger partial charge in [0.1, 0.15) is 0 Å². The summed E-state index contributed by atoms with van der Waals surface area (Å²) in [7, 11) is 0. The van der Waals surface area contributed by atoms with E-state index in [1.807, 2.05) is 25.1 Å². The van der Waals surface area contributed by atoms with Crippen molar-refractivity contribution in [2.24, 2.45) is 0 Å². The molecule has 1 amide bonds. The molecule has 20 heavy (non-hydrogen) atoms. The highest BCUT2D eigenvalue weighted by Gasteiger charge is 2.18. The first-order valence-corrected chi connectivity index (χ1v) is 7.58. The second-order valence-corrected chi connectivity index (χ2v) is 5.18. The molecule has 0 aromatic heterocycles. The Morgan fingerprint density at radius 3 is 2.50 bits per heavy atom. The summed E-state index contributed by atoms with van der Waals surface area (Å²) >= 11 is 3.38. The molecule has 0 heterocycles. The first-order chi connectivity index (χ1) is 9.60. The van der Waals surface area contributed by atoms with Gasteiger partial charge in [0.15, 0.2) is 0 Å². The first-order valence-electron chi connectivity index (χ1n) is 6.79. The molecule has 4 nitrogen and oxygen atoms in total. The lowest BCUT2D eigenvalue weighted by Gasteiger charge is -2.22. The van der Waals surface area contributed by atoms with Gasteiger partial charge in [-0.3, -0.25) is 9.59 Å². The summed E-state index contributed by atoms with van der Waals surface area (Å²) in [5.41, 5.74) is 0.616. The van der Waals surface area contributed by atoms with Crippen LogP contribution in [0.1, 0.15) is 37.0 Å². The van der Waals surface area contributed by atoms with Gasteiger partial charge in [-0.15, -0.1) is 0 Å². The van der Waals surface area contributed by atoms with E-state index in [2.05, 4.69) is 15.9 Å². The van der Waals surface area contributed by atoms with Gasteiger partial charge in [-0.25, -0.2) is 0 Å². The molecular weight excluding hydrogens is 322 g/mol. The van der Waals surface area contributed by atoms with Gasteiger partial charge in [0.2, 0.25) is 0 Å². The van der Waals surface area contributed by atoms with Crippen LogP contribution < -0.4 is 0 Å². The zero-order valence-electron chi connectivity index (χ0n) is 11.9. The molecule has 1 aromatic carbocycles. The SMILES string of the molecule is CCCN(CCC(=O)OCC)C(=O)c1ccccc1Br. The van der Waals surface area contributed by atoms with E-state index in [1.54, 1.807) is 17.9 Å². The lowest BCUT2D eigenvalue weighted by molar-refractivity contribution is -0.143. The molecule has 0 aliphatic rings. The number of nitrogens with zero attached hydrogens (tertiary/aromatic N) is 1. The van der Waals surface area contributed by atoms with Crippen molar-refractivity contribution in [3.05, 3.63) is 34.3 Å². The molecule has 1 rings (SSSR count). The van der Waals surface area contributed by atoms with Crippen molar-refractivity contribution in [2.45, 2.75) is 26.7 Å². The third-order valence-corrected chi connectivity index (χ3v) is 3.47. The lowest BCUT2D eigenvalue weighted by atomic mass is 10.2. The number of rotatable bonds is 7. The van der Waals surface area contributed by atoms with Crippen LogP contribution in [-0.2, 0) is 9.53 Å². The minimum Gasteiger partial charge on any atom is -0.466 e. The van der Waals surface area contributed by atoms with Crippen molar-refractivity contribution in [3.63, 3.8) is 0 Å². The topological polar surface area (TPSA) is 46.6 Å². The molecule has 5 heteroatoms. The normalized spacial score (nSPS) is 10.2. The van der Waals surface area contributed by atoms with Gasteiger partial charge < -0.3 is 9.64 Å². The Morgan fingerprint density at radius 1 is 1.20 bits per heavy atom. The first kappa shape index (κ1) is 16.7. The van der Waals surface area contributed by atoms with Crippen LogP contribution in [0, 0.1) is 0 Å². The summed E-state index contributed by atoms with van der Waals surface area (Å²) in [5.74, 6) is -0.336. The maximum absolute atomic E-state index is 12.5. The maximum Gasteiger partial charge on any atom is 0.307 e. The fraction of sp³-hybridized carbons (Fsp3) is 0.467. The predicted molar refractivity (Wildman–Crippen MR) is 81.6 cm³/mol. The smallest absolute Gasteiger partial charge is 0.307 e. The number of carbonyl (C=O) groups is 2. The molecule has 0 radical (unpaired) electrons. The monoisotopic (exact) mass is 341 g/mol. The minimum absolute atomic E-state index is 0.0661. The zero-order chi connectivity index (χ0) is 15.0. The van der Waals surface area contributed by atoms with Gasteiger partial charge in [-0.1, -0.05) is 19.1 Å². The Morgan fingerprint density at radius 2 is 1.90 bits per heavy atom. The largest absolute Gasteiger partial charge is 0.466 e. The Bertz CT molecular complexity index is 462. The van der Waals surface area contributed by atoms with E-state index in [0.717, 1.165) is 10.9 Å². The van der Waals surface area contributed by atoms with Crippen LogP contribution >= 0.6 is 15.9 Å². The Kier molecular flexibility index (Phi) is 7.30. The fourth-order valence-electron chi connectivity index (χ4n) is 1.85. The summed E-state index contributed by atoms with van der Waals surface area (Å²) in [6.45, 7) is 5.15. The molecule has 0 N–H and O–H groups in total. The van der Waals surface area contributed by atoms with Crippen molar-refractivity contribution >= 4 is 27.8 Å². The van der Waals surface area contributed by atoms with Crippen molar-refractivity contribution in [1.29, 1.82) is 0 Å². The highest BCUT2D eigenvalue weighted by atomic mass is 79.9. The number of carbonyl (C=O) groups excluding carboxylic acids is 2. The molecule has 0 fully saturated rings. The second-order valence-electron chi connectivity index (χ2n) is 4.33. The molecule has 0 saturated carbocycles. The van der Waals surface area contributed by atoms with Crippen LogP contribution in [0.3, 0.4) is 0 Å². The van der Waals surface area contributed by atoms with Gasteiger partial charge in [-0.2, -0.15) is 0 Å². The minimum atomic E-state index is -0.270. The quantitative estimate of drug-likeness (QED) is 0.715. The summed E-state index contributed by atoms with van der Waals surface area (Å²) in [4.78, 5) is 25.6. The molecule has 110 valence electrons. The van der Waals surface area contributed by atoms with Crippen LogP contribution in [0.4, 0.5) is 0 Å². The lowest BCUT2D eigenvalue weighted by Crippen LogP contribution is -2.34. The summed E-state index contributed by atoms with van der Waals surface area (Å²) in [6.07, 6.45) is 1.07. The third-order valence-electron chi connectivity index (χ3n) is 2.78. The van der Waals surface area contributed by atoms with Crippen molar-refractivity contribution in [3.8, 4) is 0 Å². The van der Waals surface area contributed by atoms with Crippen LogP contribution in [0.2, 0.25) is 0 Å². The summed E-state index contributed by atoms with van der Waals surface area (Å²) < 4.78 is 5.66. The van der Waals surface area contributed by atoms with Gasteiger partial charge in [0.25, 0.3) is 5.91 Å². The Hall–Kier alpha value is -1.36.